The van der Waals surface area contributed by atoms with Crippen LogP contribution in [0.15, 0.2) is 41.5 Å². The molecule has 11 heteroatoms. The van der Waals surface area contributed by atoms with Gasteiger partial charge in [0.1, 0.15) is 12.4 Å². The Kier molecular flexibility index (Phi) is 6.00. The lowest BCUT2D eigenvalue weighted by molar-refractivity contribution is -0.122. The minimum atomic E-state index is -0.554. The molecule has 2 aromatic carbocycles. The van der Waals surface area contributed by atoms with Crippen LogP contribution in [0.3, 0.4) is 0 Å². The molecule has 0 saturated heterocycles. The Hall–Kier alpha value is -2.55. The predicted molar refractivity (Wildman–Crippen MR) is 100 cm³/mol. The van der Waals surface area contributed by atoms with Crippen molar-refractivity contribution in [3.05, 3.63) is 62.8 Å². The van der Waals surface area contributed by atoms with Crippen molar-refractivity contribution in [1.82, 2.24) is 25.6 Å². The summed E-state index contributed by atoms with van der Waals surface area (Å²) in [7, 11) is 0. The van der Waals surface area contributed by atoms with Crippen LogP contribution >= 0.6 is 34.8 Å². The standard InChI is InChI=1S/C16H10Cl3FN6O/c17-11-4-2-6-13(20)10(11)7-21-22-14(27)8-26-24-16(23-25-26)9-3-1-5-12(18)15(9)19/h1-7H,8H2,(H,22,27). The second-order valence-corrected chi connectivity index (χ2v) is 6.37. The van der Waals surface area contributed by atoms with Crippen LogP contribution in [-0.2, 0) is 11.3 Å². The molecule has 3 aromatic rings. The van der Waals surface area contributed by atoms with E-state index in [-0.39, 0.29) is 28.0 Å². The van der Waals surface area contributed by atoms with Gasteiger partial charge in [0.15, 0.2) is 0 Å². The lowest BCUT2D eigenvalue weighted by Gasteiger charge is -2.01. The van der Waals surface area contributed by atoms with Crippen LogP contribution in [-0.4, -0.2) is 32.3 Å². The molecule has 1 aromatic heterocycles. The van der Waals surface area contributed by atoms with E-state index in [9.17, 15) is 9.18 Å². The Bertz CT molecular complexity index is 1000. The average molecular weight is 428 g/mol. The van der Waals surface area contributed by atoms with Crippen LogP contribution in [0, 0.1) is 5.82 Å². The highest BCUT2D eigenvalue weighted by Gasteiger charge is 2.13. The highest BCUT2D eigenvalue weighted by Crippen LogP contribution is 2.31. The van der Waals surface area contributed by atoms with E-state index in [0.717, 1.165) is 11.0 Å². The summed E-state index contributed by atoms with van der Waals surface area (Å²) >= 11 is 17.9. The van der Waals surface area contributed by atoms with Gasteiger partial charge in [0, 0.05) is 11.1 Å². The van der Waals surface area contributed by atoms with Gasteiger partial charge in [0.2, 0.25) is 5.82 Å². The topological polar surface area (TPSA) is 85.1 Å². The van der Waals surface area contributed by atoms with E-state index in [1.807, 2.05) is 0 Å². The van der Waals surface area contributed by atoms with Crippen molar-refractivity contribution in [3.63, 3.8) is 0 Å². The molecule has 7 nitrogen and oxygen atoms in total. The fourth-order valence-corrected chi connectivity index (χ4v) is 2.66. The van der Waals surface area contributed by atoms with Crippen LogP contribution < -0.4 is 5.43 Å². The first-order valence-corrected chi connectivity index (χ1v) is 8.57. The molecular weight excluding hydrogens is 418 g/mol. The molecule has 0 atom stereocenters. The van der Waals surface area contributed by atoms with E-state index >= 15 is 0 Å². The van der Waals surface area contributed by atoms with E-state index in [4.69, 9.17) is 34.8 Å². The third kappa shape index (κ3) is 4.60. The van der Waals surface area contributed by atoms with Gasteiger partial charge in [-0.2, -0.15) is 9.90 Å². The molecule has 0 bridgehead atoms. The summed E-state index contributed by atoms with van der Waals surface area (Å²) in [5, 5.41) is 16.2. The molecule has 0 aliphatic carbocycles. The maximum atomic E-state index is 13.6. The Morgan fingerprint density at radius 3 is 2.70 bits per heavy atom. The second-order valence-electron chi connectivity index (χ2n) is 5.17. The molecular formula is C16H10Cl3FN6O. The van der Waals surface area contributed by atoms with Crippen molar-refractivity contribution in [2.24, 2.45) is 5.10 Å². The van der Waals surface area contributed by atoms with Gasteiger partial charge in [0.25, 0.3) is 5.91 Å². The minimum absolute atomic E-state index is 0.0660. The maximum absolute atomic E-state index is 13.6. The zero-order valence-corrected chi connectivity index (χ0v) is 15.7. The van der Waals surface area contributed by atoms with E-state index in [2.05, 4.69) is 25.9 Å². The van der Waals surface area contributed by atoms with Crippen molar-refractivity contribution in [2.75, 3.05) is 0 Å². The number of halogens is 4. The maximum Gasteiger partial charge on any atom is 0.263 e. The van der Waals surface area contributed by atoms with Gasteiger partial charge >= 0.3 is 0 Å². The number of aromatic nitrogens is 4. The summed E-state index contributed by atoms with van der Waals surface area (Å²) in [5.41, 5.74) is 2.79. The van der Waals surface area contributed by atoms with Gasteiger partial charge in [-0.15, -0.1) is 10.2 Å². The Morgan fingerprint density at radius 1 is 1.19 bits per heavy atom. The second kappa shape index (κ2) is 8.43. The SMILES string of the molecule is O=C(Cn1nnc(-c2cccc(Cl)c2Cl)n1)NN=Cc1c(F)cccc1Cl. The number of tetrazole rings is 1. The molecule has 1 heterocycles. The Balaban J connectivity index is 1.65. The third-order valence-corrected chi connectivity index (χ3v) is 4.46. The monoisotopic (exact) mass is 426 g/mol. The molecule has 0 spiro atoms. The highest BCUT2D eigenvalue weighted by atomic mass is 35.5. The number of carbonyl (C=O) groups is 1. The van der Waals surface area contributed by atoms with E-state index in [1.165, 1.54) is 18.2 Å². The summed E-state index contributed by atoms with van der Waals surface area (Å²) in [6, 6.07) is 9.21. The number of hydrogen-bond donors (Lipinski definition) is 1. The fourth-order valence-electron chi connectivity index (χ4n) is 2.06. The quantitative estimate of drug-likeness (QED) is 0.498. The largest absolute Gasteiger partial charge is 0.271 e. The first-order chi connectivity index (χ1) is 13.0. The van der Waals surface area contributed by atoms with Crippen molar-refractivity contribution in [3.8, 4) is 11.4 Å². The number of nitrogens with zero attached hydrogens (tertiary/aromatic N) is 5. The number of amides is 1. The normalized spacial score (nSPS) is 11.1. The molecule has 0 aliphatic rings. The number of hydrazone groups is 1. The molecule has 138 valence electrons. The van der Waals surface area contributed by atoms with Crippen LogP contribution in [0.4, 0.5) is 4.39 Å². The fraction of sp³-hybridized carbons (Fsp3) is 0.0625. The van der Waals surface area contributed by atoms with Gasteiger partial charge in [-0.05, 0) is 29.5 Å². The molecule has 27 heavy (non-hydrogen) atoms. The van der Waals surface area contributed by atoms with E-state index < -0.39 is 11.7 Å². The Morgan fingerprint density at radius 2 is 1.93 bits per heavy atom. The number of rotatable bonds is 5. The molecule has 1 N–H and O–H groups in total. The summed E-state index contributed by atoms with van der Waals surface area (Å²) in [6.45, 7) is -0.256. The van der Waals surface area contributed by atoms with Gasteiger partial charge in [0.05, 0.1) is 21.3 Å². The van der Waals surface area contributed by atoms with Gasteiger partial charge in [-0.1, -0.05) is 46.9 Å². The van der Waals surface area contributed by atoms with Crippen molar-refractivity contribution < 1.29 is 9.18 Å². The van der Waals surface area contributed by atoms with E-state index in [0.29, 0.717) is 10.6 Å². The highest BCUT2D eigenvalue weighted by molar-refractivity contribution is 6.43. The summed E-state index contributed by atoms with van der Waals surface area (Å²) in [4.78, 5) is 13.0. The minimum Gasteiger partial charge on any atom is -0.271 e. The van der Waals surface area contributed by atoms with Crippen LogP contribution in [0.1, 0.15) is 5.56 Å². The molecule has 0 unspecified atom stereocenters. The number of benzene rings is 2. The molecule has 3 rings (SSSR count). The lowest BCUT2D eigenvalue weighted by Crippen LogP contribution is -2.24. The molecule has 1 amide bonds. The molecule has 0 aliphatic heterocycles. The first-order valence-electron chi connectivity index (χ1n) is 7.44. The third-order valence-electron chi connectivity index (χ3n) is 3.31. The average Bonchev–Trinajstić information content (AvgIpc) is 3.08. The van der Waals surface area contributed by atoms with Crippen LogP contribution in [0.25, 0.3) is 11.4 Å². The van der Waals surface area contributed by atoms with E-state index in [1.54, 1.807) is 18.2 Å². The van der Waals surface area contributed by atoms with Crippen LogP contribution in [0.2, 0.25) is 15.1 Å². The number of nitrogens with one attached hydrogen (secondary N) is 1. The zero-order chi connectivity index (χ0) is 19.4. The molecule has 0 saturated carbocycles. The Labute approximate surface area is 167 Å². The summed E-state index contributed by atoms with van der Waals surface area (Å²) in [6.07, 6.45) is 1.11. The summed E-state index contributed by atoms with van der Waals surface area (Å²) in [5.74, 6) is -0.877. The van der Waals surface area contributed by atoms with Gasteiger partial charge in [-0.3, -0.25) is 4.79 Å². The van der Waals surface area contributed by atoms with Crippen LogP contribution in [0.5, 0.6) is 0 Å². The molecule has 0 radical (unpaired) electrons. The summed E-state index contributed by atoms with van der Waals surface area (Å²) < 4.78 is 13.6. The van der Waals surface area contributed by atoms with Gasteiger partial charge < -0.3 is 0 Å². The lowest BCUT2D eigenvalue weighted by atomic mass is 10.2. The zero-order valence-electron chi connectivity index (χ0n) is 13.4. The van der Waals surface area contributed by atoms with Gasteiger partial charge in [-0.25, -0.2) is 9.82 Å². The first kappa shape index (κ1) is 19.2. The predicted octanol–water partition coefficient (Wildman–Crippen LogP) is 3.59. The van der Waals surface area contributed by atoms with Crippen molar-refractivity contribution in [2.45, 2.75) is 6.54 Å². The smallest absolute Gasteiger partial charge is 0.263 e. The molecule has 0 fully saturated rings. The van der Waals surface area contributed by atoms with Crippen molar-refractivity contribution >= 4 is 46.9 Å². The number of carbonyl (C=O) groups excluding carboxylic acids is 1. The van der Waals surface area contributed by atoms with Crippen molar-refractivity contribution in [1.29, 1.82) is 0 Å². The number of hydrogen-bond acceptors (Lipinski definition) is 5.